The molecule has 0 spiro atoms. The molecular weight excluding hydrogens is 210 g/mol. The van der Waals surface area contributed by atoms with E-state index in [0.717, 1.165) is 31.1 Å². The normalized spacial score (nSPS) is 21.4. The predicted octanol–water partition coefficient (Wildman–Crippen LogP) is 3.61. The molecule has 0 aliphatic carbocycles. The van der Waals surface area contributed by atoms with Gasteiger partial charge in [-0.15, -0.1) is 0 Å². The highest BCUT2D eigenvalue weighted by molar-refractivity contribution is 4.75. The van der Waals surface area contributed by atoms with E-state index in [1.807, 2.05) is 0 Å². The first-order valence-electron chi connectivity index (χ1n) is 7.57. The highest BCUT2D eigenvalue weighted by atomic mass is 16.5. The van der Waals surface area contributed by atoms with Gasteiger partial charge in [-0.3, -0.25) is 0 Å². The van der Waals surface area contributed by atoms with E-state index in [4.69, 9.17) is 4.74 Å². The molecule has 17 heavy (non-hydrogen) atoms. The van der Waals surface area contributed by atoms with E-state index in [-0.39, 0.29) is 0 Å². The summed E-state index contributed by atoms with van der Waals surface area (Å²) in [4.78, 5) is 0. The average molecular weight is 241 g/mol. The fraction of sp³-hybridized carbons (Fsp3) is 1.00. The molecule has 2 atom stereocenters. The molecule has 2 unspecified atom stereocenters. The van der Waals surface area contributed by atoms with Crippen LogP contribution in [-0.4, -0.2) is 25.8 Å². The van der Waals surface area contributed by atoms with Crippen molar-refractivity contribution >= 4 is 0 Å². The van der Waals surface area contributed by atoms with Gasteiger partial charge in [-0.05, 0) is 50.5 Å². The molecule has 0 saturated carbocycles. The van der Waals surface area contributed by atoms with Crippen LogP contribution in [0.5, 0.6) is 0 Å². The quantitative estimate of drug-likeness (QED) is 0.701. The summed E-state index contributed by atoms with van der Waals surface area (Å²) in [6.07, 6.45) is 7.78. The first-order valence-corrected chi connectivity index (χ1v) is 7.57. The standard InChI is InChI=1S/C15H31NO/c1-4-8-16-15(11-13(3)5-2)12-14-6-9-17-10-7-14/h13-16H,4-12H2,1-3H3. The van der Waals surface area contributed by atoms with Gasteiger partial charge in [0.15, 0.2) is 0 Å². The van der Waals surface area contributed by atoms with Crippen LogP contribution in [0, 0.1) is 11.8 Å². The Hall–Kier alpha value is -0.0800. The van der Waals surface area contributed by atoms with Crippen molar-refractivity contribution in [2.75, 3.05) is 19.8 Å². The van der Waals surface area contributed by atoms with Gasteiger partial charge in [-0.25, -0.2) is 0 Å². The summed E-state index contributed by atoms with van der Waals surface area (Å²) in [7, 11) is 0. The van der Waals surface area contributed by atoms with Crippen LogP contribution < -0.4 is 5.32 Å². The molecule has 0 aromatic carbocycles. The van der Waals surface area contributed by atoms with Crippen LogP contribution in [0.3, 0.4) is 0 Å². The Bertz CT molecular complexity index is 178. The molecule has 2 heteroatoms. The summed E-state index contributed by atoms with van der Waals surface area (Å²) >= 11 is 0. The Morgan fingerprint density at radius 3 is 2.53 bits per heavy atom. The Balaban J connectivity index is 2.32. The van der Waals surface area contributed by atoms with Crippen molar-refractivity contribution in [1.82, 2.24) is 5.32 Å². The largest absolute Gasteiger partial charge is 0.381 e. The average Bonchev–Trinajstić information content (AvgIpc) is 2.37. The zero-order valence-electron chi connectivity index (χ0n) is 12.0. The molecule has 0 aromatic rings. The molecule has 2 nitrogen and oxygen atoms in total. The summed E-state index contributed by atoms with van der Waals surface area (Å²) < 4.78 is 5.44. The number of hydrogen-bond acceptors (Lipinski definition) is 2. The van der Waals surface area contributed by atoms with Crippen molar-refractivity contribution in [2.45, 2.75) is 65.3 Å². The van der Waals surface area contributed by atoms with E-state index in [2.05, 4.69) is 26.1 Å². The van der Waals surface area contributed by atoms with Crippen LogP contribution in [-0.2, 0) is 4.74 Å². The summed E-state index contributed by atoms with van der Waals surface area (Å²) in [5.41, 5.74) is 0. The Labute approximate surface area is 108 Å². The fourth-order valence-corrected chi connectivity index (χ4v) is 2.65. The topological polar surface area (TPSA) is 21.3 Å². The molecule has 1 aliphatic rings. The zero-order chi connectivity index (χ0) is 12.5. The van der Waals surface area contributed by atoms with Crippen LogP contribution in [0.15, 0.2) is 0 Å². The van der Waals surface area contributed by atoms with Crippen molar-refractivity contribution in [3.63, 3.8) is 0 Å². The van der Waals surface area contributed by atoms with Crippen LogP contribution in [0.4, 0.5) is 0 Å². The van der Waals surface area contributed by atoms with Crippen LogP contribution in [0.2, 0.25) is 0 Å². The molecule has 1 aliphatic heterocycles. The van der Waals surface area contributed by atoms with E-state index in [0.29, 0.717) is 0 Å². The molecule has 1 saturated heterocycles. The van der Waals surface area contributed by atoms with Crippen LogP contribution >= 0.6 is 0 Å². The number of hydrogen-bond donors (Lipinski definition) is 1. The highest BCUT2D eigenvalue weighted by Crippen LogP contribution is 2.23. The molecule has 102 valence electrons. The van der Waals surface area contributed by atoms with Crippen molar-refractivity contribution in [2.24, 2.45) is 11.8 Å². The monoisotopic (exact) mass is 241 g/mol. The molecular formula is C15H31NO. The first-order chi connectivity index (χ1) is 8.26. The molecule has 0 bridgehead atoms. The lowest BCUT2D eigenvalue weighted by Gasteiger charge is -2.28. The molecule has 1 heterocycles. The van der Waals surface area contributed by atoms with E-state index in [1.54, 1.807) is 0 Å². The van der Waals surface area contributed by atoms with Gasteiger partial charge < -0.3 is 10.1 Å². The van der Waals surface area contributed by atoms with Gasteiger partial charge >= 0.3 is 0 Å². The summed E-state index contributed by atoms with van der Waals surface area (Å²) in [5, 5.41) is 3.74. The third-order valence-electron chi connectivity index (χ3n) is 4.03. The molecule has 0 amide bonds. The molecule has 1 fully saturated rings. The lowest BCUT2D eigenvalue weighted by atomic mass is 9.88. The smallest absolute Gasteiger partial charge is 0.0468 e. The molecule has 0 aromatic heterocycles. The van der Waals surface area contributed by atoms with Crippen molar-refractivity contribution in [3.05, 3.63) is 0 Å². The van der Waals surface area contributed by atoms with Gasteiger partial charge in [0.1, 0.15) is 0 Å². The molecule has 1 rings (SSSR count). The second-order valence-electron chi connectivity index (χ2n) is 5.69. The van der Waals surface area contributed by atoms with Crippen LogP contribution in [0.1, 0.15) is 59.3 Å². The number of nitrogens with one attached hydrogen (secondary N) is 1. The Morgan fingerprint density at radius 1 is 1.24 bits per heavy atom. The zero-order valence-corrected chi connectivity index (χ0v) is 12.0. The van der Waals surface area contributed by atoms with E-state index in [9.17, 15) is 0 Å². The van der Waals surface area contributed by atoms with Crippen LogP contribution in [0.25, 0.3) is 0 Å². The van der Waals surface area contributed by atoms with Crippen molar-refractivity contribution < 1.29 is 4.74 Å². The van der Waals surface area contributed by atoms with E-state index >= 15 is 0 Å². The highest BCUT2D eigenvalue weighted by Gasteiger charge is 2.20. The van der Waals surface area contributed by atoms with Gasteiger partial charge in [-0.1, -0.05) is 27.2 Å². The number of rotatable bonds is 8. The lowest BCUT2D eigenvalue weighted by Crippen LogP contribution is -2.34. The SMILES string of the molecule is CCCNC(CC(C)CC)CC1CCOCC1. The maximum Gasteiger partial charge on any atom is 0.0468 e. The minimum absolute atomic E-state index is 0.730. The minimum atomic E-state index is 0.730. The summed E-state index contributed by atoms with van der Waals surface area (Å²) in [6.45, 7) is 10.1. The van der Waals surface area contributed by atoms with Gasteiger partial charge in [0, 0.05) is 19.3 Å². The second kappa shape index (κ2) is 8.93. The van der Waals surface area contributed by atoms with E-state index < -0.39 is 0 Å². The Kier molecular flexibility index (Phi) is 7.87. The van der Waals surface area contributed by atoms with Crippen molar-refractivity contribution in [1.29, 1.82) is 0 Å². The summed E-state index contributed by atoms with van der Waals surface area (Å²) in [6, 6.07) is 0.730. The number of ether oxygens (including phenoxy) is 1. The summed E-state index contributed by atoms with van der Waals surface area (Å²) in [5.74, 6) is 1.74. The third-order valence-corrected chi connectivity index (χ3v) is 4.03. The van der Waals surface area contributed by atoms with Gasteiger partial charge in [0.05, 0.1) is 0 Å². The molecule has 0 radical (unpaired) electrons. The second-order valence-corrected chi connectivity index (χ2v) is 5.69. The predicted molar refractivity (Wildman–Crippen MR) is 74.3 cm³/mol. The minimum Gasteiger partial charge on any atom is -0.381 e. The van der Waals surface area contributed by atoms with Gasteiger partial charge in [0.2, 0.25) is 0 Å². The van der Waals surface area contributed by atoms with E-state index in [1.165, 1.54) is 45.1 Å². The fourth-order valence-electron chi connectivity index (χ4n) is 2.65. The maximum atomic E-state index is 5.44. The third kappa shape index (κ3) is 6.42. The first kappa shape index (κ1) is 15.0. The van der Waals surface area contributed by atoms with Gasteiger partial charge in [0.25, 0.3) is 0 Å². The maximum absolute atomic E-state index is 5.44. The Morgan fingerprint density at radius 2 is 1.94 bits per heavy atom. The van der Waals surface area contributed by atoms with Crippen molar-refractivity contribution in [3.8, 4) is 0 Å². The van der Waals surface area contributed by atoms with Gasteiger partial charge in [-0.2, -0.15) is 0 Å². The lowest BCUT2D eigenvalue weighted by molar-refractivity contribution is 0.0596. The molecule has 1 N–H and O–H groups in total.